The monoisotopic (exact) mass is 432 g/mol. The summed E-state index contributed by atoms with van der Waals surface area (Å²) in [5.41, 5.74) is 5.06. The minimum absolute atomic E-state index is 0.528. The Hall–Kier alpha value is -2.49. The van der Waals surface area contributed by atoms with Gasteiger partial charge >= 0.3 is 0 Å². The molecule has 160 valence electrons. The van der Waals surface area contributed by atoms with Gasteiger partial charge in [0.05, 0.1) is 5.69 Å². The molecular weight excluding hydrogens is 404 g/mol. The van der Waals surface area contributed by atoms with Crippen molar-refractivity contribution in [1.29, 1.82) is 0 Å². The van der Waals surface area contributed by atoms with Crippen LogP contribution in [0.25, 0.3) is 0 Å². The zero-order valence-corrected chi connectivity index (χ0v) is 18.6. The van der Waals surface area contributed by atoms with E-state index in [0.29, 0.717) is 12.6 Å². The molecule has 5 rings (SSSR count). The van der Waals surface area contributed by atoms with E-state index in [-0.39, 0.29) is 0 Å². The molecule has 0 spiro atoms. The fraction of sp³-hybridized carbons (Fsp3) is 0.333. The third-order valence-corrected chi connectivity index (χ3v) is 6.82. The summed E-state index contributed by atoms with van der Waals surface area (Å²) in [5.74, 6) is 0.974. The van der Waals surface area contributed by atoms with E-state index in [9.17, 15) is 0 Å². The van der Waals surface area contributed by atoms with Crippen molar-refractivity contribution in [3.05, 3.63) is 88.9 Å². The molecule has 0 saturated carbocycles. The first-order valence-corrected chi connectivity index (χ1v) is 11.7. The summed E-state index contributed by atoms with van der Waals surface area (Å²) < 4.78 is 6.17. The van der Waals surface area contributed by atoms with Gasteiger partial charge in [0.2, 0.25) is 0 Å². The van der Waals surface area contributed by atoms with Crippen molar-refractivity contribution in [3.8, 4) is 5.75 Å². The van der Waals surface area contributed by atoms with E-state index in [1.54, 1.807) is 0 Å². The van der Waals surface area contributed by atoms with Crippen molar-refractivity contribution in [2.45, 2.75) is 38.3 Å². The maximum atomic E-state index is 6.17. The highest BCUT2D eigenvalue weighted by Gasteiger charge is 2.28. The van der Waals surface area contributed by atoms with E-state index in [4.69, 9.17) is 16.3 Å². The van der Waals surface area contributed by atoms with Gasteiger partial charge in [0.1, 0.15) is 12.4 Å². The molecule has 0 aromatic heterocycles. The first-order valence-electron chi connectivity index (χ1n) is 11.3. The summed E-state index contributed by atoms with van der Waals surface area (Å²) in [6.07, 6.45) is 4.88. The SMILES string of the molecule is Clc1ccc(CCN2CCCCC2CN2c3ccccc3COc3ccccc32)cc1. The molecule has 2 aliphatic rings. The molecular formula is C27H29ClN2O. The Balaban J connectivity index is 1.38. The van der Waals surface area contributed by atoms with E-state index < -0.39 is 0 Å². The predicted octanol–water partition coefficient (Wildman–Crippen LogP) is 6.47. The summed E-state index contributed by atoms with van der Waals surface area (Å²) in [4.78, 5) is 5.18. The lowest BCUT2D eigenvalue weighted by atomic mass is 9.99. The highest BCUT2D eigenvalue weighted by atomic mass is 35.5. The molecule has 1 atom stereocenters. The largest absolute Gasteiger partial charge is 0.487 e. The summed E-state index contributed by atoms with van der Waals surface area (Å²) in [7, 11) is 0. The van der Waals surface area contributed by atoms with Crippen LogP contribution in [0.1, 0.15) is 30.4 Å². The normalized spacial score (nSPS) is 18.6. The van der Waals surface area contributed by atoms with Crippen LogP contribution in [0, 0.1) is 0 Å². The van der Waals surface area contributed by atoms with Gasteiger partial charge in [-0.1, -0.05) is 60.5 Å². The van der Waals surface area contributed by atoms with Gasteiger partial charge in [-0.2, -0.15) is 0 Å². The molecule has 0 radical (unpaired) electrons. The average molecular weight is 433 g/mol. The molecule has 2 heterocycles. The molecule has 4 heteroatoms. The molecule has 1 saturated heterocycles. The highest BCUT2D eigenvalue weighted by molar-refractivity contribution is 6.30. The Morgan fingerprint density at radius 2 is 1.65 bits per heavy atom. The van der Waals surface area contributed by atoms with Crippen LogP contribution in [0.15, 0.2) is 72.8 Å². The van der Waals surface area contributed by atoms with Crippen molar-refractivity contribution in [3.63, 3.8) is 0 Å². The number of rotatable bonds is 5. The Morgan fingerprint density at radius 1 is 0.871 bits per heavy atom. The number of halogens is 1. The van der Waals surface area contributed by atoms with E-state index in [1.807, 2.05) is 12.1 Å². The van der Waals surface area contributed by atoms with Gasteiger partial charge in [-0.15, -0.1) is 0 Å². The number of anilines is 2. The first-order chi connectivity index (χ1) is 15.3. The van der Waals surface area contributed by atoms with Crippen LogP contribution in [0.3, 0.4) is 0 Å². The van der Waals surface area contributed by atoms with Gasteiger partial charge in [0, 0.05) is 35.4 Å². The molecule has 3 aromatic rings. The quantitative estimate of drug-likeness (QED) is 0.459. The number of likely N-dealkylation sites (tertiary alicyclic amines) is 1. The van der Waals surface area contributed by atoms with Crippen LogP contribution in [-0.2, 0) is 13.0 Å². The molecule has 0 N–H and O–H groups in total. The lowest BCUT2D eigenvalue weighted by Gasteiger charge is -2.39. The first kappa shape index (κ1) is 20.4. The topological polar surface area (TPSA) is 15.7 Å². The summed E-state index contributed by atoms with van der Waals surface area (Å²) in [6.45, 7) is 3.86. The number of nitrogens with zero attached hydrogens (tertiary/aromatic N) is 2. The van der Waals surface area contributed by atoms with Crippen LogP contribution >= 0.6 is 11.6 Å². The van der Waals surface area contributed by atoms with Crippen LogP contribution in [0.2, 0.25) is 5.02 Å². The molecule has 0 amide bonds. The number of para-hydroxylation sites is 3. The number of ether oxygens (including phenoxy) is 1. The maximum absolute atomic E-state index is 6.17. The zero-order valence-electron chi connectivity index (χ0n) is 17.8. The van der Waals surface area contributed by atoms with E-state index in [0.717, 1.165) is 30.3 Å². The highest BCUT2D eigenvalue weighted by Crippen LogP contribution is 2.40. The van der Waals surface area contributed by atoms with Gasteiger partial charge in [-0.25, -0.2) is 0 Å². The zero-order chi connectivity index (χ0) is 21.0. The van der Waals surface area contributed by atoms with E-state index >= 15 is 0 Å². The average Bonchev–Trinajstić information content (AvgIpc) is 2.97. The molecule has 1 fully saturated rings. The van der Waals surface area contributed by atoms with Gasteiger partial charge in [0.25, 0.3) is 0 Å². The van der Waals surface area contributed by atoms with E-state index in [2.05, 4.69) is 70.5 Å². The number of piperidine rings is 1. The third-order valence-electron chi connectivity index (χ3n) is 6.56. The summed E-state index contributed by atoms with van der Waals surface area (Å²) in [5, 5.41) is 0.806. The van der Waals surface area contributed by atoms with Crippen molar-refractivity contribution in [2.24, 2.45) is 0 Å². The summed E-state index contributed by atoms with van der Waals surface area (Å²) >= 11 is 6.06. The lowest BCUT2D eigenvalue weighted by molar-refractivity contribution is 0.154. The smallest absolute Gasteiger partial charge is 0.143 e. The van der Waals surface area contributed by atoms with Crippen molar-refractivity contribution < 1.29 is 4.74 Å². The second kappa shape index (κ2) is 9.33. The van der Waals surface area contributed by atoms with Gasteiger partial charge < -0.3 is 9.64 Å². The molecule has 3 aromatic carbocycles. The van der Waals surface area contributed by atoms with Crippen LogP contribution in [-0.4, -0.2) is 30.6 Å². The standard InChI is InChI=1S/C27H29ClN2O/c28-23-14-12-21(13-15-23)16-18-29-17-6-5-8-24(29)19-30-25-9-2-1-7-22(25)20-31-27-11-4-3-10-26(27)30/h1-4,7,9-15,24H,5-6,8,16-20H2. The molecule has 0 bridgehead atoms. The predicted molar refractivity (Wildman–Crippen MR) is 129 cm³/mol. The number of hydrogen-bond donors (Lipinski definition) is 0. The fourth-order valence-electron chi connectivity index (χ4n) is 4.88. The fourth-order valence-corrected chi connectivity index (χ4v) is 5.00. The van der Waals surface area contributed by atoms with Crippen molar-refractivity contribution in [1.82, 2.24) is 4.90 Å². The van der Waals surface area contributed by atoms with Crippen LogP contribution < -0.4 is 9.64 Å². The van der Waals surface area contributed by atoms with Crippen molar-refractivity contribution >= 4 is 23.0 Å². The molecule has 31 heavy (non-hydrogen) atoms. The van der Waals surface area contributed by atoms with Gasteiger partial charge in [0.15, 0.2) is 0 Å². The molecule has 0 aliphatic carbocycles. The third kappa shape index (κ3) is 4.58. The number of benzene rings is 3. The maximum Gasteiger partial charge on any atom is 0.143 e. The van der Waals surface area contributed by atoms with Gasteiger partial charge in [-0.05, 0) is 61.7 Å². The number of fused-ring (bicyclic) bond motifs is 2. The number of hydrogen-bond acceptors (Lipinski definition) is 3. The Labute approximate surface area is 190 Å². The second-order valence-corrected chi connectivity index (χ2v) is 8.99. The Bertz CT molecular complexity index is 972. The Kier molecular flexibility index (Phi) is 6.15. The van der Waals surface area contributed by atoms with Crippen molar-refractivity contribution in [2.75, 3.05) is 24.5 Å². The molecule has 2 aliphatic heterocycles. The van der Waals surface area contributed by atoms with Gasteiger partial charge in [-0.3, -0.25) is 4.90 Å². The molecule has 3 nitrogen and oxygen atoms in total. The van der Waals surface area contributed by atoms with Crippen LogP contribution in [0.4, 0.5) is 11.4 Å². The second-order valence-electron chi connectivity index (χ2n) is 8.56. The van der Waals surface area contributed by atoms with E-state index in [1.165, 1.54) is 48.3 Å². The molecule has 1 unspecified atom stereocenters. The Morgan fingerprint density at radius 3 is 2.52 bits per heavy atom. The minimum Gasteiger partial charge on any atom is -0.487 e. The lowest BCUT2D eigenvalue weighted by Crippen LogP contribution is -2.46. The van der Waals surface area contributed by atoms with Crippen LogP contribution in [0.5, 0.6) is 5.75 Å². The minimum atomic E-state index is 0.528. The summed E-state index contributed by atoms with van der Waals surface area (Å²) in [6, 6.07) is 26.0.